The van der Waals surface area contributed by atoms with Crippen LogP contribution in [0.4, 0.5) is 13.2 Å². The van der Waals surface area contributed by atoms with Gasteiger partial charge in [-0.25, -0.2) is 13.2 Å². The molecule has 0 aliphatic heterocycles. The second kappa shape index (κ2) is 6.30. The van der Waals surface area contributed by atoms with Gasteiger partial charge in [-0.05, 0) is 29.8 Å². The highest BCUT2D eigenvalue weighted by Gasteiger charge is 2.13. The molecule has 0 saturated heterocycles. The molecule has 0 aliphatic rings. The fraction of sp³-hybridized carbons (Fsp3) is 0.133. The van der Waals surface area contributed by atoms with Crippen LogP contribution in [0.3, 0.4) is 0 Å². The molecular formula is C15H11F3O3. The zero-order valence-electron chi connectivity index (χ0n) is 11.0. The largest absolute Gasteiger partial charge is 0.494 e. The summed E-state index contributed by atoms with van der Waals surface area (Å²) in [5, 5.41) is 0. The summed E-state index contributed by atoms with van der Waals surface area (Å²) in [6.07, 6.45) is 0.328. The second-order valence-corrected chi connectivity index (χ2v) is 4.19. The number of carbonyl (C=O) groups is 1. The lowest BCUT2D eigenvalue weighted by Crippen LogP contribution is -2.02. The van der Waals surface area contributed by atoms with Crippen LogP contribution in [0.15, 0.2) is 30.3 Å². The number of halogens is 3. The van der Waals surface area contributed by atoms with Gasteiger partial charge in [0, 0.05) is 5.56 Å². The van der Waals surface area contributed by atoms with E-state index in [1.807, 2.05) is 0 Å². The lowest BCUT2D eigenvalue weighted by molar-refractivity contribution is 0.112. The second-order valence-electron chi connectivity index (χ2n) is 4.19. The highest BCUT2D eigenvalue weighted by molar-refractivity contribution is 5.75. The van der Waals surface area contributed by atoms with Gasteiger partial charge >= 0.3 is 0 Å². The normalized spacial score (nSPS) is 10.3. The SMILES string of the molecule is COc1ccc(COc2c(F)cc(C=O)cc2F)cc1F. The Morgan fingerprint density at radius 2 is 1.71 bits per heavy atom. The van der Waals surface area contributed by atoms with E-state index >= 15 is 0 Å². The van der Waals surface area contributed by atoms with Crippen LogP contribution in [0.2, 0.25) is 0 Å². The first-order valence-corrected chi connectivity index (χ1v) is 5.94. The molecule has 0 radical (unpaired) electrons. The van der Waals surface area contributed by atoms with E-state index in [2.05, 4.69) is 0 Å². The van der Waals surface area contributed by atoms with Crippen LogP contribution in [0.1, 0.15) is 15.9 Å². The number of benzene rings is 2. The molecule has 2 aromatic carbocycles. The summed E-state index contributed by atoms with van der Waals surface area (Å²) in [5.41, 5.74) is 0.249. The van der Waals surface area contributed by atoms with E-state index < -0.39 is 23.2 Å². The van der Waals surface area contributed by atoms with Gasteiger partial charge in [0.15, 0.2) is 29.0 Å². The van der Waals surface area contributed by atoms with Gasteiger partial charge in [-0.15, -0.1) is 0 Å². The van der Waals surface area contributed by atoms with Crippen molar-refractivity contribution < 1.29 is 27.4 Å². The van der Waals surface area contributed by atoms with Crippen molar-refractivity contribution in [2.45, 2.75) is 6.61 Å². The van der Waals surface area contributed by atoms with Gasteiger partial charge in [0.05, 0.1) is 7.11 Å². The molecule has 0 atom stereocenters. The van der Waals surface area contributed by atoms with Crippen LogP contribution in [0.5, 0.6) is 11.5 Å². The van der Waals surface area contributed by atoms with Crippen molar-refractivity contribution in [3.63, 3.8) is 0 Å². The predicted octanol–water partition coefficient (Wildman–Crippen LogP) is 3.50. The minimum atomic E-state index is -0.994. The molecule has 0 aliphatic carbocycles. The summed E-state index contributed by atoms with van der Waals surface area (Å²) < 4.78 is 50.4. The standard InChI is InChI=1S/C15H11F3O3/c1-20-14-3-2-9(4-11(14)16)8-21-15-12(17)5-10(7-19)6-13(15)18/h2-7H,8H2,1H3. The maximum Gasteiger partial charge on any atom is 0.191 e. The summed E-state index contributed by atoms with van der Waals surface area (Å²) in [4.78, 5) is 10.5. The smallest absolute Gasteiger partial charge is 0.191 e. The maximum absolute atomic E-state index is 13.6. The molecule has 3 nitrogen and oxygen atoms in total. The van der Waals surface area contributed by atoms with Gasteiger partial charge in [-0.1, -0.05) is 6.07 Å². The third-order valence-electron chi connectivity index (χ3n) is 2.76. The van der Waals surface area contributed by atoms with Gasteiger partial charge in [0.2, 0.25) is 0 Å². The first kappa shape index (κ1) is 14.9. The lowest BCUT2D eigenvalue weighted by Gasteiger charge is -2.10. The molecule has 0 amide bonds. The average molecular weight is 296 g/mol. The van der Waals surface area contributed by atoms with Crippen LogP contribution in [0.25, 0.3) is 0 Å². The molecule has 6 heteroatoms. The first-order valence-electron chi connectivity index (χ1n) is 5.94. The summed E-state index contributed by atoms with van der Waals surface area (Å²) >= 11 is 0. The maximum atomic E-state index is 13.6. The Hall–Kier alpha value is -2.50. The molecule has 0 N–H and O–H groups in total. The van der Waals surface area contributed by atoms with E-state index in [0.717, 1.165) is 18.2 Å². The molecule has 0 fully saturated rings. The van der Waals surface area contributed by atoms with Crippen LogP contribution < -0.4 is 9.47 Å². The molecular weight excluding hydrogens is 285 g/mol. The highest BCUT2D eigenvalue weighted by atomic mass is 19.1. The molecule has 0 bridgehead atoms. The molecule has 2 aromatic rings. The van der Waals surface area contributed by atoms with Crippen LogP contribution in [0, 0.1) is 17.5 Å². The number of hydrogen-bond acceptors (Lipinski definition) is 3. The Balaban J connectivity index is 2.16. The van der Waals surface area contributed by atoms with E-state index in [9.17, 15) is 18.0 Å². The van der Waals surface area contributed by atoms with Gasteiger partial charge in [0.1, 0.15) is 12.9 Å². The average Bonchev–Trinajstić information content (AvgIpc) is 2.46. The summed E-state index contributed by atoms with van der Waals surface area (Å²) in [6, 6.07) is 5.77. The third-order valence-corrected chi connectivity index (χ3v) is 2.76. The fourth-order valence-corrected chi connectivity index (χ4v) is 1.74. The number of aldehydes is 1. The Labute approximate surface area is 118 Å². The Bertz CT molecular complexity index is 648. The predicted molar refractivity (Wildman–Crippen MR) is 69.0 cm³/mol. The molecule has 0 spiro atoms. The van der Waals surface area contributed by atoms with Gasteiger partial charge in [-0.2, -0.15) is 0 Å². The quantitative estimate of drug-likeness (QED) is 0.792. The van der Waals surface area contributed by atoms with Crippen LogP contribution in [-0.4, -0.2) is 13.4 Å². The van der Waals surface area contributed by atoms with E-state index in [1.54, 1.807) is 0 Å². The summed E-state index contributed by atoms with van der Waals surface area (Å²) in [5.74, 6) is -3.14. The van der Waals surface area contributed by atoms with Gasteiger partial charge in [-0.3, -0.25) is 4.79 Å². The van der Waals surface area contributed by atoms with Crippen LogP contribution in [-0.2, 0) is 6.61 Å². The van der Waals surface area contributed by atoms with Crippen molar-refractivity contribution in [3.05, 3.63) is 58.9 Å². The number of rotatable bonds is 5. The Kier molecular flexibility index (Phi) is 4.47. The number of hydrogen-bond donors (Lipinski definition) is 0. The zero-order valence-corrected chi connectivity index (χ0v) is 11.0. The lowest BCUT2D eigenvalue weighted by atomic mass is 10.2. The number of ether oxygens (including phenoxy) is 2. The number of methoxy groups -OCH3 is 1. The molecule has 21 heavy (non-hydrogen) atoms. The van der Waals surface area contributed by atoms with E-state index in [-0.39, 0.29) is 17.9 Å². The third kappa shape index (κ3) is 3.34. The van der Waals surface area contributed by atoms with Crippen molar-refractivity contribution in [2.75, 3.05) is 7.11 Å². The molecule has 2 rings (SSSR count). The highest BCUT2D eigenvalue weighted by Crippen LogP contribution is 2.25. The monoisotopic (exact) mass is 296 g/mol. The topological polar surface area (TPSA) is 35.5 Å². The van der Waals surface area contributed by atoms with Gasteiger partial charge < -0.3 is 9.47 Å². The van der Waals surface area contributed by atoms with Crippen molar-refractivity contribution in [1.29, 1.82) is 0 Å². The van der Waals surface area contributed by atoms with Crippen LogP contribution >= 0.6 is 0 Å². The zero-order chi connectivity index (χ0) is 15.4. The minimum absolute atomic E-state index is 0.0615. The van der Waals surface area contributed by atoms with Crippen molar-refractivity contribution >= 4 is 6.29 Å². The Morgan fingerprint density at radius 3 is 2.24 bits per heavy atom. The van der Waals surface area contributed by atoms with Crippen molar-refractivity contribution in [2.24, 2.45) is 0 Å². The van der Waals surface area contributed by atoms with E-state index in [4.69, 9.17) is 9.47 Å². The molecule has 110 valence electrons. The first-order chi connectivity index (χ1) is 10.0. The molecule has 0 heterocycles. The van der Waals surface area contributed by atoms with Crippen molar-refractivity contribution in [3.8, 4) is 11.5 Å². The molecule has 0 unspecified atom stereocenters. The van der Waals surface area contributed by atoms with E-state index in [1.165, 1.54) is 19.2 Å². The van der Waals surface area contributed by atoms with Crippen molar-refractivity contribution in [1.82, 2.24) is 0 Å². The Morgan fingerprint density at radius 1 is 1.05 bits per heavy atom. The fourth-order valence-electron chi connectivity index (χ4n) is 1.74. The summed E-state index contributed by atoms with van der Waals surface area (Å²) in [6.45, 7) is -0.227. The summed E-state index contributed by atoms with van der Waals surface area (Å²) in [7, 11) is 1.33. The number of carbonyl (C=O) groups excluding carboxylic acids is 1. The molecule has 0 aromatic heterocycles. The molecule has 0 saturated carbocycles. The van der Waals surface area contributed by atoms with Gasteiger partial charge in [0.25, 0.3) is 0 Å². The van der Waals surface area contributed by atoms with E-state index in [0.29, 0.717) is 11.8 Å². The minimum Gasteiger partial charge on any atom is -0.494 e.